The molecule has 0 atom stereocenters. The van der Waals surface area contributed by atoms with Crippen molar-refractivity contribution >= 4 is 5.97 Å². The highest BCUT2D eigenvalue weighted by Gasteiger charge is 2.16. The van der Waals surface area contributed by atoms with Crippen molar-refractivity contribution in [2.24, 2.45) is 0 Å². The van der Waals surface area contributed by atoms with Crippen molar-refractivity contribution in [3.05, 3.63) is 34.4 Å². The van der Waals surface area contributed by atoms with E-state index in [4.69, 9.17) is 4.74 Å². The second-order valence-corrected chi connectivity index (χ2v) is 6.56. The van der Waals surface area contributed by atoms with Crippen LogP contribution in [0.3, 0.4) is 0 Å². The summed E-state index contributed by atoms with van der Waals surface area (Å²) < 4.78 is 5.62. The van der Waals surface area contributed by atoms with Gasteiger partial charge in [-0.3, -0.25) is 0 Å². The lowest BCUT2D eigenvalue weighted by Crippen LogP contribution is -2.14. The van der Waals surface area contributed by atoms with Crippen LogP contribution in [0, 0.1) is 0 Å². The SMILES string of the molecule is C=C(C)/C(C(=O)OC/C1=C(/C)CCCCCC1)=C(/C)CCC. The van der Waals surface area contributed by atoms with Crippen LogP contribution in [0.1, 0.15) is 79.1 Å². The zero-order chi connectivity index (χ0) is 16.5. The summed E-state index contributed by atoms with van der Waals surface area (Å²) in [6.07, 6.45) is 9.24. The molecule has 1 aliphatic carbocycles. The monoisotopic (exact) mass is 304 g/mol. The molecular formula is C20H32O2. The molecule has 0 aromatic heterocycles. The molecule has 0 N–H and O–H groups in total. The summed E-state index contributed by atoms with van der Waals surface area (Å²) in [6.45, 7) is 12.6. The summed E-state index contributed by atoms with van der Waals surface area (Å²) in [7, 11) is 0. The van der Waals surface area contributed by atoms with E-state index in [9.17, 15) is 4.79 Å². The van der Waals surface area contributed by atoms with Gasteiger partial charge in [-0.05, 0) is 64.0 Å². The van der Waals surface area contributed by atoms with Gasteiger partial charge in [-0.15, -0.1) is 0 Å². The largest absolute Gasteiger partial charge is 0.458 e. The third-order valence-corrected chi connectivity index (χ3v) is 4.44. The Balaban J connectivity index is 2.76. The second-order valence-electron chi connectivity index (χ2n) is 6.56. The molecule has 0 radical (unpaired) electrons. The molecule has 2 nitrogen and oxygen atoms in total. The molecule has 0 spiro atoms. The number of hydrogen-bond donors (Lipinski definition) is 0. The smallest absolute Gasteiger partial charge is 0.338 e. The molecule has 0 saturated carbocycles. The minimum atomic E-state index is -0.208. The van der Waals surface area contributed by atoms with E-state index in [-0.39, 0.29) is 5.97 Å². The van der Waals surface area contributed by atoms with Crippen LogP contribution in [0.4, 0.5) is 0 Å². The van der Waals surface area contributed by atoms with Gasteiger partial charge in [0.05, 0.1) is 5.57 Å². The number of carbonyl (C=O) groups is 1. The molecule has 0 heterocycles. The molecule has 0 bridgehead atoms. The van der Waals surface area contributed by atoms with Gasteiger partial charge in [0.1, 0.15) is 6.61 Å². The lowest BCUT2D eigenvalue weighted by Gasteiger charge is -2.17. The maximum atomic E-state index is 12.4. The van der Waals surface area contributed by atoms with Gasteiger partial charge in [0.15, 0.2) is 0 Å². The first kappa shape index (κ1) is 18.7. The highest BCUT2D eigenvalue weighted by atomic mass is 16.5. The van der Waals surface area contributed by atoms with E-state index in [0.29, 0.717) is 12.2 Å². The van der Waals surface area contributed by atoms with Crippen LogP contribution in [0.5, 0.6) is 0 Å². The van der Waals surface area contributed by atoms with Crippen molar-refractivity contribution in [2.75, 3.05) is 6.61 Å². The third kappa shape index (κ3) is 5.82. The minimum Gasteiger partial charge on any atom is -0.458 e. The van der Waals surface area contributed by atoms with Gasteiger partial charge >= 0.3 is 5.97 Å². The van der Waals surface area contributed by atoms with Crippen LogP contribution in [0.2, 0.25) is 0 Å². The number of carbonyl (C=O) groups excluding carboxylic acids is 1. The van der Waals surface area contributed by atoms with Crippen LogP contribution in [0.15, 0.2) is 34.4 Å². The Morgan fingerprint density at radius 2 is 1.77 bits per heavy atom. The Labute approximate surface area is 136 Å². The van der Waals surface area contributed by atoms with Gasteiger partial charge in [-0.2, -0.15) is 0 Å². The fourth-order valence-corrected chi connectivity index (χ4v) is 3.11. The zero-order valence-electron chi connectivity index (χ0n) is 14.9. The fourth-order valence-electron chi connectivity index (χ4n) is 3.11. The Morgan fingerprint density at radius 3 is 2.36 bits per heavy atom. The van der Waals surface area contributed by atoms with E-state index in [1.807, 2.05) is 13.8 Å². The van der Waals surface area contributed by atoms with Gasteiger partial charge in [-0.25, -0.2) is 4.79 Å². The van der Waals surface area contributed by atoms with E-state index in [1.54, 1.807) is 0 Å². The Morgan fingerprint density at radius 1 is 1.14 bits per heavy atom. The summed E-state index contributed by atoms with van der Waals surface area (Å²) in [4.78, 5) is 12.4. The first-order valence-electron chi connectivity index (χ1n) is 8.67. The molecule has 2 heteroatoms. The van der Waals surface area contributed by atoms with Gasteiger partial charge in [-0.1, -0.05) is 43.9 Å². The summed E-state index contributed by atoms with van der Waals surface area (Å²) in [5.41, 5.74) is 5.31. The van der Waals surface area contributed by atoms with Gasteiger partial charge < -0.3 is 4.74 Å². The Kier molecular flexibility index (Phi) is 8.22. The number of allylic oxidation sites excluding steroid dienone is 2. The van der Waals surface area contributed by atoms with E-state index < -0.39 is 0 Å². The third-order valence-electron chi connectivity index (χ3n) is 4.44. The normalized spacial score (nSPS) is 20.7. The Bertz CT molecular complexity index is 466. The van der Waals surface area contributed by atoms with Crippen LogP contribution < -0.4 is 0 Å². The van der Waals surface area contributed by atoms with E-state index >= 15 is 0 Å². The highest BCUT2D eigenvalue weighted by Crippen LogP contribution is 2.24. The molecule has 1 rings (SSSR count). The van der Waals surface area contributed by atoms with Crippen molar-refractivity contribution in [2.45, 2.75) is 79.1 Å². The minimum absolute atomic E-state index is 0.208. The van der Waals surface area contributed by atoms with E-state index in [1.165, 1.54) is 36.8 Å². The highest BCUT2D eigenvalue weighted by molar-refractivity contribution is 5.94. The van der Waals surface area contributed by atoms with Crippen LogP contribution >= 0.6 is 0 Å². The molecule has 124 valence electrons. The molecule has 0 saturated heterocycles. The molecule has 0 aromatic rings. The quantitative estimate of drug-likeness (QED) is 0.264. The van der Waals surface area contributed by atoms with Gasteiger partial charge in [0.25, 0.3) is 0 Å². The number of ether oxygens (including phenoxy) is 1. The van der Waals surface area contributed by atoms with Crippen molar-refractivity contribution in [1.29, 1.82) is 0 Å². The van der Waals surface area contributed by atoms with Crippen LogP contribution in [-0.2, 0) is 9.53 Å². The summed E-state index contributed by atoms with van der Waals surface area (Å²) in [6, 6.07) is 0. The van der Waals surface area contributed by atoms with E-state index in [2.05, 4.69) is 20.4 Å². The van der Waals surface area contributed by atoms with Gasteiger partial charge in [0.2, 0.25) is 0 Å². The molecule has 1 aliphatic rings. The average molecular weight is 304 g/mol. The molecule has 0 aromatic carbocycles. The maximum absolute atomic E-state index is 12.4. The summed E-state index contributed by atoms with van der Waals surface area (Å²) in [5.74, 6) is -0.208. The first-order valence-corrected chi connectivity index (χ1v) is 8.67. The predicted molar refractivity (Wildman–Crippen MR) is 93.8 cm³/mol. The van der Waals surface area contributed by atoms with Crippen molar-refractivity contribution in [3.8, 4) is 0 Å². The molecule has 0 unspecified atom stereocenters. The van der Waals surface area contributed by atoms with Crippen molar-refractivity contribution in [1.82, 2.24) is 0 Å². The number of hydrogen-bond acceptors (Lipinski definition) is 2. The predicted octanol–water partition coefficient (Wildman–Crippen LogP) is 5.89. The van der Waals surface area contributed by atoms with Gasteiger partial charge in [0, 0.05) is 0 Å². The lowest BCUT2D eigenvalue weighted by molar-refractivity contribution is -0.137. The summed E-state index contributed by atoms with van der Waals surface area (Å²) in [5, 5.41) is 0. The van der Waals surface area contributed by atoms with Crippen molar-refractivity contribution < 1.29 is 9.53 Å². The number of rotatable bonds is 6. The van der Waals surface area contributed by atoms with Crippen molar-refractivity contribution in [3.63, 3.8) is 0 Å². The number of esters is 1. The standard InChI is InChI=1S/C20H32O2/c1-6-11-17(5)19(15(2)3)20(21)22-14-18-13-10-8-7-9-12-16(18)4/h2,6-14H2,1,3-5H3/b18-16-,19-17+. The Hall–Kier alpha value is -1.31. The average Bonchev–Trinajstić information content (AvgIpc) is 2.42. The topological polar surface area (TPSA) is 26.3 Å². The summed E-state index contributed by atoms with van der Waals surface area (Å²) >= 11 is 0. The molecule has 0 amide bonds. The molecule has 0 aliphatic heterocycles. The lowest BCUT2D eigenvalue weighted by atomic mass is 9.95. The second kappa shape index (κ2) is 9.66. The van der Waals surface area contributed by atoms with Crippen LogP contribution in [-0.4, -0.2) is 12.6 Å². The molecule has 22 heavy (non-hydrogen) atoms. The first-order chi connectivity index (χ1) is 10.5. The maximum Gasteiger partial charge on any atom is 0.338 e. The fraction of sp³-hybridized carbons (Fsp3) is 0.650. The molecular weight excluding hydrogens is 272 g/mol. The molecule has 0 fully saturated rings. The van der Waals surface area contributed by atoms with Crippen LogP contribution in [0.25, 0.3) is 0 Å². The zero-order valence-corrected chi connectivity index (χ0v) is 14.9. The van der Waals surface area contributed by atoms with E-state index in [0.717, 1.165) is 36.8 Å².